The summed E-state index contributed by atoms with van der Waals surface area (Å²) >= 11 is 0. The van der Waals surface area contributed by atoms with Gasteiger partial charge in [0.2, 0.25) is 0 Å². The van der Waals surface area contributed by atoms with Gasteiger partial charge in [0.15, 0.2) is 0 Å². The molecule has 106 valence electrons. The summed E-state index contributed by atoms with van der Waals surface area (Å²) < 4.78 is 5.58. The van der Waals surface area contributed by atoms with E-state index in [2.05, 4.69) is 16.9 Å². The van der Waals surface area contributed by atoms with Crippen molar-refractivity contribution in [3.05, 3.63) is 54.1 Å². The highest BCUT2D eigenvalue weighted by Gasteiger charge is 2.08. The van der Waals surface area contributed by atoms with Gasteiger partial charge >= 0.3 is 0 Å². The average Bonchev–Trinajstić information content (AvgIpc) is 2.52. The van der Waals surface area contributed by atoms with Gasteiger partial charge in [-0.2, -0.15) is 0 Å². The number of aryl methyl sites for hydroxylation is 1. The number of aromatic nitrogens is 2. The molecule has 2 rings (SSSR count). The van der Waals surface area contributed by atoms with E-state index in [0.717, 1.165) is 36.3 Å². The van der Waals surface area contributed by atoms with Crippen molar-refractivity contribution >= 4 is 0 Å². The molecule has 0 fully saturated rings. The molecule has 20 heavy (non-hydrogen) atoms. The summed E-state index contributed by atoms with van der Waals surface area (Å²) in [6.45, 7) is 2.78. The number of rotatable bonds is 7. The van der Waals surface area contributed by atoms with Crippen molar-refractivity contribution < 1.29 is 4.74 Å². The molecule has 0 aliphatic carbocycles. The number of hydrogen-bond acceptors (Lipinski definition) is 4. The van der Waals surface area contributed by atoms with E-state index in [0.29, 0.717) is 6.61 Å². The molecule has 1 atom stereocenters. The molecule has 0 spiro atoms. The number of nitrogens with zero attached hydrogens (tertiary/aromatic N) is 2. The van der Waals surface area contributed by atoms with Crippen LogP contribution < -0.4 is 10.5 Å². The summed E-state index contributed by atoms with van der Waals surface area (Å²) in [6, 6.07) is 7.86. The second-order valence-electron chi connectivity index (χ2n) is 4.77. The zero-order valence-electron chi connectivity index (χ0n) is 11.8. The van der Waals surface area contributed by atoms with Gasteiger partial charge in [-0.05, 0) is 43.0 Å². The molecular formula is C16H21N3O. The Bertz CT molecular complexity index is 516. The number of nitrogens with two attached hydrogens (primary N) is 1. The summed E-state index contributed by atoms with van der Waals surface area (Å²) in [5.41, 5.74) is 8.29. The molecule has 0 aliphatic rings. The number of pyridine rings is 2. The molecule has 2 aromatic rings. The maximum absolute atomic E-state index is 6.22. The topological polar surface area (TPSA) is 61.0 Å². The zero-order valence-corrected chi connectivity index (χ0v) is 11.8. The Kier molecular flexibility index (Phi) is 5.50. The van der Waals surface area contributed by atoms with E-state index in [1.807, 2.05) is 36.7 Å². The first-order valence-corrected chi connectivity index (χ1v) is 7.03. The van der Waals surface area contributed by atoms with Crippen LogP contribution in [-0.4, -0.2) is 16.6 Å². The quantitative estimate of drug-likeness (QED) is 0.841. The van der Waals surface area contributed by atoms with E-state index in [9.17, 15) is 0 Å². The van der Waals surface area contributed by atoms with Crippen LogP contribution in [0.3, 0.4) is 0 Å². The third kappa shape index (κ3) is 4.31. The Morgan fingerprint density at radius 3 is 2.95 bits per heavy atom. The highest BCUT2D eigenvalue weighted by molar-refractivity contribution is 5.26. The molecule has 2 aromatic heterocycles. The molecule has 0 aromatic carbocycles. The van der Waals surface area contributed by atoms with Gasteiger partial charge in [0.25, 0.3) is 0 Å². The molecule has 2 heterocycles. The molecule has 0 aliphatic heterocycles. The third-order valence-electron chi connectivity index (χ3n) is 3.07. The van der Waals surface area contributed by atoms with Crippen LogP contribution in [0, 0.1) is 0 Å². The van der Waals surface area contributed by atoms with Crippen molar-refractivity contribution in [1.82, 2.24) is 9.97 Å². The van der Waals surface area contributed by atoms with Crippen molar-refractivity contribution in [2.45, 2.75) is 32.2 Å². The monoisotopic (exact) mass is 271 g/mol. The molecule has 1 unspecified atom stereocenters. The van der Waals surface area contributed by atoms with Gasteiger partial charge in [-0.25, -0.2) is 0 Å². The summed E-state index contributed by atoms with van der Waals surface area (Å²) in [7, 11) is 0. The largest absolute Gasteiger partial charge is 0.492 e. The van der Waals surface area contributed by atoms with E-state index in [4.69, 9.17) is 10.5 Å². The highest BCUT2D eigenvalue weighted by atomic mass is 16.5. The van der Waals surface area contributed by atoms with Gasteiger partial charge in [0, 0.05) is 24.1 Å². The van der Waals surface area contributed by atoms with Gasteiger partial charge in [0.05, 0.1) is 12.8 Å². The average molecular weight is 271 g/mol. The van der Waals surface area contributed by atoms with E-state index in [1.54, 1.807) is 6.20 Å². The smallest absolute Gasteiger partial charge is 0.137 e. The van der Waals surface area contributed by atoms with Gasteiger partial charge < -0.3 is 10.5 Å². The van der Waals surface area contributed by atoms with Crippen molar-refractivity contribution in [3.8, 4) is 5.75 Å². The fourth-order valence-electron chi connectivity index (χ4n) is 1.95. The first-order chi connectivity index (χ1) is 9.79. The number of hydrogen-bond donors (Lipinski definition) is 1. The maximum Gasteiger partial charge on any atom is 0.137 e. The molecule has 4 nitrogen and oxygen atoms in total. The molecule has 0 bridgehead atoms. The van der Waals surface area contributed by atoms with E-state index in [1.165, 1.54) is 0 Å². The van der Waals surface area contributed by atoms with Crippen LogP contribution in [0.1, 0.15) is 37.1 Å². The predicted molar refractivity (Wildman–Crippen MR) is 79.5 cm³/mol. The Morgan fingerprint density at radius 2 is 2.20 bits per heavy atom. The Labute approximate surface area is 120 Å². The lowest BCUT2D eigenvalue weighted by molar-refractivity contribution is 0.315. The van der Waals surface area contributed by atoms with Gasteiger partial charge in [-0.1, -0.05) is 13.0 Å². The van der Waals surface area contributed by atoms with Crippen LogP contribution in [0.5, 0.6) is 5.75 Å². The van der Waals surface area contributed by atoms with Crippen LogP contribution in [0.2, 0.25) is 0 Å². The minimum Gasteiger partial charge on any atom is -0.492 e. The minimum atomic E-state index is -0.0466. The predicted octanol–water partition coefficient (Wildman–Crippen LogP) is 2.90. The van der Waals surface area contributed by atoms with Gasteiger partial charge in [0.1, 0.15) is 5.75 Å². The Balaban J connectivity index is 1.93. The Morgan fingerprint density at radius 1 is 1.30 bits per heavy atom. The van der Waals surface area contributed by atoms with Crippen LogP contribution in [0.25, 0.3) is 0 Å². The summed E-state index contributed by atoms with van der Waals surface area (Å²) in [6.07, 6.45) is 8.03. The van der Waals surface area contributed by atoms with Crippen LogP contribution in [0.15, 0.2) is 42.9 Å². The van der Waals surface area contributed by atoms with Crippen LogP contribution >= 0.6 is 0 Å². The number of ether oxygens (including phenoxy) is 1. The molecule has 0 saturated carbocycles. The second-order valence-corrected chi connectivity index (χ2v) is 4.77. The first-order valence-electron chi connectivity index (χ1n) is 7.03. The molecular weight excluding hydrogens is 250 g/mol. The Hall–Kier alpha value is -1.94. The third-order valence-corrected chi connectivity index (χ3v) is 3.07. The maximum atomic E-state index is 6.22. The van der Waals surface area contributed by atoms with Crippen molar-refractivity contribution in [2.24, 2.45) is 5.73 Å². The molecule has 0 radical (unpaired) electrons. The lowest BCUT2D eigenvalue weighted by Gasteiger charge is -2.13. The first kappa shape index (κ1) is 14.5. The van der Waals surface area contributed by atoms with Crippen LogP contribution in [-0.2, 0) is 6.42 Å². The normalized spacial score (nSPS) is 12.1. The second kappa shape index (κ2) is 7.60. The zero-order chi connectivity index (χ0) is 14.2. The minimum absolute atomic E-state index is 0.0466. The fraction of sp³-hybridized carbons (Fsp3) is 0.375. The summed E-state index contributed by atoms with van der Waals surface area (Å²) in [4.78, 5) is 8.50. The lowest BCUT2D eigenvalue weighted by atomic mass is 10.0. The SMILES string of the molecule is CCCOc1cncc(C(N)CCc2ccccn2)c1. The van der Waals surface area contributed by atoms with Gasteiger partial charge in [-0.3, -0.25) is 9.97 Å². The van der Waals surface area contributed by atoms with E-state index >= 15 is 0 Å². The van der Waals surface area contributed by atoms with E-state index in [-0.39, 0.29) is 6.04 Å². The summed E-state index contributed by atoms with van der Waals surface area (Å²) in [5.74, 6) is 0.789. The molecule has 2 N–H and O–H groups in total. The highest BCUT2D eigenvalue weighted by Crippen LogP contribution is 2.20. The molecule has 4 heteroatoms. The fourth-order valence-corrected chi connectivity index (χ4v) is 1.95. The van der Waals surface area contributed by atoms with Crippen molar-refractivity contribution in [2.75, 3.05) is 6.61 Å². The molecule has 0 amide bonds. The van der Waals surface area contributed by atoms with Crippen LogP contribution in [0.4, 0.5) is 0 Å². The van der Waals surface area contributed by atoms with E-state index < -0.39 is 0 Å². The van der Waals surface area contributed by atoms with Gasteiger partial charge in [-0.15, -0.1) is 0 Å². The van der Waals surface area contributed by atoms with Crippen molar-refractivity contribution in [1.29, 1.82) is 0 Å². The lowest BCUT2D eigenvalue weighted by Crippen LogP contribution is -2.12. The standard InChI is InChI=1S/C16H21N3O/c1-2-9-20-15-10-13(11-18-12-15)16(17)7-6-14-5-3-4-8-19-14/h3-5,8,10-12,16H,2,6-7,9,17H2,1H3. The van der Waals surface area contributed by atoms with Crippen molar-refractivity contribution in [3.63, 3.8) is 0 Å². The molecule has 0 saturated heterocycles. The summed E-state index contributed by atoms with van der Waals surface area (Å²) in [5, 5.41) is 0.